The van der Waals surface area contributed by atoms with E-state index in [2.05, 4.69) is 496 Å². The van der Waals surface area contributed by atoms with E-state index in [4.69, 9.17) is 0 Å². The van der Waals surface area contributed by atoms with Gasteiger partial charge in [-0.1, -0.05) is 455 Å². The van der Waals surface area contributed by atoms with E-state index in [1.807, 2.05) is 0 Å². The molecule has 0 heteroatoms. The zero-order valence-electron chi connectivity index (χ0n) is 76.3. The lowest BCUT2D eigenvalue weighted by Gasteiger charge is -2.22. The van der Waals surface area contributed by atoms with Gasteiger partial charge in [0.2, 0.25) is 0 Å². The third-order valence-corrected chi connectivity index (χ3v) is 28.9. The fourth-order valence-corrected chi connectivity index (χ4v) is 22.4. The molecule has 0 spiro atoms. The highest BCUT2D eigenvalue weighted by Gasteiger charge is 2.39. The van der Waals surface area contributed by atoms with Gasteiger partial charge in [-0.05, 0) is 300 Å². The quantitative estimate of drug-likeness (QED) is 0.126. The summed E-state index contributed by atoms with van der Waals surface area (Å²) in [6.45, 7) is 27.5. The summed E-state index contributed by atoms with van der Waals surface area (Å²) in [5.74, 6) is 0. The molecule has 0 saturated carbocycles. The molecule has 21 aromatic rings. The van der Waals surface area contributed by atoms with Gasteiger partial charge >= 0.3 is 0 Å². The van der Waals surface area contributed by atoms with Crippen LogP contribution < -0.4 is 0 Å². The summed E-state index contributed by atoms with van der Waals surface area (Å²) in [5.41, 5.74) is 44.7. The number of fused-ring (bicyclic) bond motifs is 15. The normalized spacial score (nSPS) is 13.4. The van der Waals surface area contributed by atoms with Crippen LogP contribution in [0.4, 0.5) is 0 Å². The van der Waals surface area contributed by atoms with E-state index in [1.165, 1.54) is 254 Å². The first kappa shape index (κ1) is 81.0. The summed E-state index contributed by atoms with van der Waals surface area (Å²) in [6.07, 6.45) is 0. The molecular weight excluding hydrogens is 1560 g/mol. The molecule has 0 radical (unpaired) electrons. The molecule has 0 amide bonds. The summed E-state index contributed by atoms with van der Waals surface area (Å²) in [6, 6.07) is 154. The van der Waals surface area contributed by atoms with Crippen LogP contribution in [0.15, 0.2) is 413 Å². The zero-order valence-corrected chi connectivity index (χ0v) is 76.3. The van der Waals surface area contributed by atoms with Crippen LogP contribution in [0, 0.1) is 20.8 Å². The van der Waals surface area contributed by atoms with E-state index < -0.39 is 0 Å². The van der Waals surface area contributed by atoms with Gasteiger partial charge in [-0.3, -0.25) is 0 Å². The smallest absolute Gasteiger partial charge is 0.0158 e. The molecule has 624 valence electrons. The summed E-state index contributed by atoms with van der Waals surface area (Å²) >= 11 is 0. The lowest BCUT2D eigenvalue weighted by atomic mass is 9.81. The maximum atomic E-state index is 2.46. The molecule has 3 aliphatic rings. The van der Waals surface area contributed by atoms with E-state index in [9.17, 15) is 0 Å². The fraction of sp³-hybridized carbons (Fsp3) is 0.123. The Morgan fingerprint density at radius 2 is 0.392 bits per heavy atom. The van der Waals surface area contributed by atoms with Gasteiger partial charge in [0.25, 0.3) is 0 Å². The van der Waals surface area contributed by atoms with Gasteiger partial charge in [0.15, 0.2) is 0 Å². The van der Waals surface area contributed by atoms with Gasteiger partial charge in [0.1, 0.15) is 0 Å². The minimum absolute atomic E-state index is 0.00955. The number of benzene rings is 21. The largest absolute Gasteiger partial charge is 0.0622 e. The van der Waals surface area contributed by atoms with Gasteiger partial charge in [0.05, 0.1) is 0 Å². The third-order valence-electron chi connectivity index (χ3n) is 28.9. The molecular formula is C130H104. The van der Waals surface area contributed by atoms with Crippen LogP contribution in [0.2, 0.25) is 0 Å². The fourth-order valence-electron chi connectivity index (χ4n) is 22.4. The van der Waals surface area contributed by atoms with Crippen LogP contribution in [0.25, 0.3) is 198 Å². The van der Waals surface area contributed by atoms with E-state index in [-0.39, 0.29) is 21.7 Å². The first-order valence-corrected chi connectivity index (χ1v) is 46.2. The number of hydrogen-bond donors (Lipinski definition) is 0. The van der Waals surface area contributed by atoms with Crippen molar-refractivity contribution in [3.8, 4) is 134 Å². The van der Waals surface area contributed by atoms with Crippen LogP contribution in [-0.4, -0.2) is 0 Å². The molecule has 0 nitrogen and oxygen atoms in total. The SMILES string of the molecule is CC(C)(C)c1ccc(-c2c3ccccc3c(-c3ccc4c(c3)-c3ccccc3C4(C)C)c3cc(-c4ccccc4)ccc23)cc1.Cc1cc(C)cc(-c2c3ccccc3c(-c3ccc4c(c3)-c3ccccc3C4(C)C)c3cc(-c4ccccc4)ccc23)c1.Cc1ccc(-c2c3ccccc3c(-c3ccc4c(c3)-c3ccccc3C4(C)C)c3cc(-c4ccccc4)ccc23)cc1. The lowest BCUT2D eigenvalue weighted by Crippen LogP contribution is -2.14. The highest BCUT2D eigenvalue weighted by atomic mass is 14.4. The molecule has 130 heavy (non-hydrogen) atoms. The van der Waals surface area contributed by atoms with Crippen LogP contribution in [0.5, 0.6) is 0 Å². The van der Waals surface area contributed by atoms with Crippen LogP contribution in [0.1, 0.15) is 118 Å². The Hall–Kier alpha value is -14.8. The minimum Gasteiger partial charge on any atom is -0.0622 e. The minimum atomic E-state index is -0.0157. The first-order valence-electron chi connectivity index (χ1n) is 46.2. The second kappa shape index (κ2) is 31.6. The second-order valence-corrected chi connectivity index (χ2v) is 39.1. The summed E-state index contributed by atoms with van der Waals surface area (Å²) in [5, 5.41) is 15.5. The van der Waals surface area contributed by atoms with Gasteiger partial charge in [-0.25, -0.2) is 0 Å². The van der Waals surface area contributed by atoms with Crippen molar-refractivity contribution in [3.05, 3.63) is 468 Å². The van der Waals surface area contributed by atoms with Crippen molar-refractivity contribution in [1.29, 1.82) is 0 Å². The predicted molar refractivity (Wildman–Crippen MR) is 559 cm³/mol. The Kier molecular flexibility index (Phi) is 19.7. The Labute approximate surface area is 765 Å². The monoisotopic (exact) mass is 1660 g/mol. The highest BCUT2D eigenvalue weighted by molar-refractivity contribution is 6.25. The van der Waals surface area contributed by atoms with Crippen molar-refractivity contribution in [2.24, 2.45) is 0 Å². The van der Waals surface area contributed by atoms with Crippen molar-refractivity contribution < 1.29 is 0 Å². The summed E-state index contributed by atoms with van der Waals surface area (Å²) < 4.78 is 0. The number of hydrogen-bond acceptors (Lipinski definition) is 0. The van der Waals surface area contributed by atoms with E-state index >= 15 is 0 Å². The maximum absolute atomic E-state index is 2.46. The van der Waals surface area contributed by atoms with Crippen molar-refractivity contribution >= 4 is 64.6 Å². The van der Waals surface area contributed by atoms with Crippen LogP contribution >= 0.6 is 0 Å². The van der Waals surface area contributed by atoms with Crippen LogP contribution in [0.3, 0.4) is 0 Å². The molecule has 0 aliphatic heterocycles. The maximum Gasteiger partial charge on any atom is 0.0158 e. The molecule has 0 aromatic heterocycles. The predicted octanol–water partition coefficient (Wildman–Crippen LogP) is 36.1. The summed E-state index contributed by atoms with van der Waals surface area (Å²) in [7, 11) is 0. The van der Waals surface area contributed by atoms with Crippen molar-refractivity contribution in [3.63, 3.8) is 0 Å². The first-order chi connectivity index (χ1) is 63.1. The van der Waals surface area contributed by atoms with Crippen molar-refractivity contribution in [2.75, 3.05) is 0 Å². The van der Waals surface area contributed by atoms with Gasteiger partial charge in [-0.2, -0.15) is 0 Å². The van der Waals surface area contributed by atoms with Crippen molar-refractivity contribution in [1.82, 2.24) is 0 Å². The van der Waals surface area contributed by atoms with Gasteiger partial charge in [-0.15, -0.1) is 0 Å². The Morgan fingerprint density at radius 3 is 0.700 bits per heavy atom. The van der Waals surface area contributed by atoms with Crippen LogP contribution in [-0.2, 0) is 21.7 Å². The molecule has 0 N–H and O–H groups in total. The molecule has 0 fully saturated rings. The topological polar surface area (TPSA) is 0 Å². The molecule has 21 aromatic carbocycles. The average Bonchev–Trinajstić information content (AvgIpc) is 1.35. The van der Waals surface area contributed by atoms with Gasteiger partial charge < -0.3 is 0 Å². The van der Waals surface area contributed by atoms with E-state index in [0.29, 0.717) is 0 Å². The zero-order chi connectivity index (χ0) is 88.6. The second-order valence-electron chi connectivity index (χ2n) is 39.1. The molecule has 0 heterocycles. The highest BCUT2D eigenvalue weighted by Crippen LogP contribution is 2.57. The summed E-state index contributed by atoms with van der Waals surface area (Å²) in [4.78, 5) is 0. The Balaban J connectivity index is 0.000000114. The van der Waals surface area contributed by atoms with E-state index in [1.54, 1.807) is 0 Å². The average molecular weight is 1670 g/mol. The molecule has 3 aliphatic carbocycles. The van der Waals surface area contributed by atoms with Crippen molar-refractivity contribution in [2.45, 2.75) is 105 Å². The molecule has 0 bridgehead atoms. The van der Waals surface area contributed by atoms with Gasteiger partial charge in [0, 0.05) is 16.2 Å². The Bertz CT molecular complexity index is 8100. The standard InChI is InChI=1S/C45H38.C43H34.C42H32/c1-44(2,3)33-23-19-30(20-24-33)42-35-16-9-10-17-36(35)43(39-27-31(21-25-37(39)42)29-13-7-6-8-14-29)32-22-26-41-38(28-32)34-15-11-12-18-40(34)45(41,4)5;1-27-22-28(2)24-32(23-27)42-35-16-9-8-15-34(35)41(38-25-30(18-20-36(38)42)29-12-6-5-7-13-29)31-19-21-40-37(26-31)33-14-10-11-17-39(33)43(40,3)4;1-27-17-19-29(20-18-27)40-33-14-7-8-15-34(33)41(37-25-30(21-23-35(37)40)28-11-5-4-6-12-28)31-22-24-39-36(26-31)32-13-9-10-16-38(32)42(39,2)3/h6-28H,1-5H3;5-26H,1-4H3;4-26H,1-3H3. The molecule has 0 atom stereocenters. The third kappa shape index (κ3) is 13.6. The molecule has 24 rings (SSSR count). The van der Waals surface area contributed by atoms with E-state index in [0.717, 1.165) is 0 Å². The lowest BCUT2D eigenvalue weighted by molar-refractivity contribution is 0.590. The molecule has 0 unspecified atom stereocenters. The Morgan fingerprint density at radius 1 is 0.154 bits per heavy atom. The molecule has 0 saturated heterocycles. The number of aryl methyl sites for hydroxylation is 3. The number of rotatable bonds is 9.